The second-order valence-corrected chi connectivity index (χ2v) is 5.97. The lowest BCUT2D eigenvalue weighted by molar-refractivity contribution is 0.606. The van der Waals surface area contributed by atoms with E-state index in [4.69, 9.17) is 0 Å². The van der Waals surface area contributed by atoms with E-state index in [0.29, 0.717) is 5.69 Å². The first-order chi connectivity index (χ1) is 7.20. The maximum atomic E-state index is 11.2. The summed E-state index contributed by atoms with van der Waals surface area (Å²) in [6.07, 6.45) is 1.16. The van der Waals surface area contributed by atoms with Crippen LogP contribution in [0.25, 0.3) is 0 Å². The minimum absolute atomic E-state index is 0.674. The molecule has 0 fully saturated rings. The first kappa shape index (κ1) is 12.8. The summed E-state index contributed by atoms with van der Waals surface area (Å²) in [6.45, 7) is 3.79. The lowest BCUT2D eigenvalue weighted by Gasteiger charge is -2.18. The van der Waals surface area contributed by atoms with Crippen molar-refractivity contribution in [3.8, 4) is 0 Å². The molecule has 4 nitrogen and oxygen atoms in total. The maximum Gasteiger partial charge on any atom is 0.229 e. The van der Waals surface area contributed by atoms with E-state index in [1.165, 1.54) is 0 Å². The average Bonchev–Trinajstić information content (AvgIpc) is 2.09. The third kappa shape index (κ3) is 3.13. The molecule has 1 aromatic rings. The van der Waals surface area contributed by atoms with Crippen LogP contribution in [-0.4, -0.2) is 28.8 Å². The number of benzene rings is 1. The van der Waals surface area contributed by atoms with E-state index < -0.39 is 10.0 Å². The van der Waals surface area contributed by atoms with Crippen LogP contribution in [0.2, 0.25) is 0 Å². The highest BCUT2D eigenvalue weighted by atomic mass is 32.2. The van der Waals surface area contributed by atoms with E-state index in [1.54, 1.807) is 0 Å². The molecule has 0 aliphatic carbocycles. The van der Waals surface area contributed by atoms with E-state index in [0.717, 1.165) is 23.1 Å². The van der Waals surface area contributed by atoms with Crippen LogP contribution in [0.5, 0.6) is 0 Å². The molecule has 0 atom stereocenters. The molecule has 0 saturated heterocycles. The zero-order chi connectivity index (χ0) is 12.5. The van der Waals surface area contributed by atoms with Crippen molar-refractivity contribution in [2.24, 2.45) is 0 Å². The highest BCUT2D eigenvalue weighted by Gasteiger charge is 2.10. The number of nitrogens with zero attached hydrogens (tertiary/aromatic N) is 1. The number of aryl methyl sites for hydroxylation is 2. The van der Waals surface area contributed by atoms with Crippen molar-refractivity contribution in [1.29, 1.82) is 0 Å². The number of hydrogen-bond acceptors (Lipinski definition) is 3. The fourth-order valence-electron chi connectivity index (χ4n) is 1.55. The number of anilines is 2. The van der Waals surface area contributed by atoms with Gasteiger partial charge in [0.1, 0.15) is 0 Å². The van der Waals surface area contributed by atoms with Gasteiger partial charge in [-0.25, -0.2) is 8.42 Å². The van der Waals surface area contributed by atoms with Crippen LogP contribution in [0, 0.1) is 13.8 Å². The number of rotatable bonds is 3. The van der Waals surface area contributed by atoms with Crippen molar-refractivity contribution in [2.75, 3.05) is 30.0 Å². The van der Waals surface area contributed by atoms with Gasteiger partial charge in [-0.15, -0.1) is 0 Å². The highest BCUT2D eigenvalue weighted by Crippen LogP contribution is 2.26. The quantitative estimate of drug-likeness (QED) is 0.878. The van der Waals surface area contributed by atoms with Crippen molar-refractivity contribution in [3.05, 3.63) is 23.3 Å². The number of hydrogen-bond donors (Lipinski definition) is 1. The van der Waals surface area contributed by atoms with Crippen molar-refractivity contribution in [2.45, 2.75) is 13.8 Å². The molecule has 5 heteroatoms. The SMILES string of the molecule is Cc1cc(N(C)C)cc(C)c1NS(C)(=O)=O. The van der Waals surface area contributed by atoms with Crippen molar-refractivity contribution < 1.29 is 8.42 Å². The van der Waals surface area contributed by atoms with E-state index in [2.05, 4.69) is 4.72 Å². The molecule has 0 bridgehead atoms. The molecule has 1 aromatic carbocycles. The minimum atomic E-state index is -3.22. The lowest BCUT2D eigenvalue weighted by Crippen LogP contribution is -2.14. The Kier molecular flexibility index (Phi) is 3.48. The Morgan fingerprint density at radius 3 is 1.88 bits per heavy atom. The monoisotopic (exact) mass is 242 g/mol. The van der Waals surface area contributed by atoms with Crippen LogP contribution in [0.4, 0.5) is 11.4 Å². The van der Waals surface area contributed by atoms with E-state index in [-0.39, 0.29) is 0 Å². The van der Waals surface area contributed by atoms with Gasteiger partial charge in [0.15, 0.2) is 0 Å². The second kappa shape index (κ2) is 4.33. The topological polar surface area (TPSA) is 49.4 Å². The van der Waals surface area contributed by atoms with Gasteiger partial charge >= 0.3 is 0 Å². The van der Waals surface area contributed by atoms with Gasteiger partial charge in [-0.2, -0.15) is 0 Å². The van der Waals surface area contributed by atoms with Gasteiger partial charge in [0.2, 0.25) is 10.0 Å². The number of nitrogens with one attached hydrogen (secondary N) is 1. The van der Waals surface area contributed by atoms with Gasteiger partial charge in [-0.3, -0.25) is 4.72 Å². The molecule has 0 heterocycles. The maximum absolute atomic E-state index is 11.2. The highest BCUT2D eigenvalue weighted by molar-refractivity contribution is 7.92. The molecule has 0 aromatic heterocycles. The molecule has 0 aliphatic rings. The third-order valence-corrected chi connectivity index (χ3v) is 2.90. The molecule has 16 heavy (non-hydrogen) atoms. The average molecular weight is 242 g/mol. The summed E-state index contributed by atoms with van der Waals surface area (Å²) in [7, 11) is 0.694. The fourth-order valence-corrected chi connectivity index (χ4v) is 2.24. The first-order valence-electron chi connectivity index (χ1n) is 4.97. The standard InChI is InChI=1S/C11H18N2O2S/c1-8-6-10(13(3)4)7-9(2)11(8)12-16(5,14)15/h6-7,12H,1-5H3. The van der Waals surface area contributed by atoms with Crippen molar-refractivity contribution in [3.63, 3.8) is 0 Å². The summed E-state index contributed by atoms with van der Waals surface area (Å²) >= 11 is 0. The molecule has 0 aliphatic heterocycles. The molecule has 0 saturated carbocycles. The van der Waals surface area contributed by atoms with Gasteiger partial charge < -0.3 is 4.90 Å². The van der Waals surface area contributed by atoms with Crippen LogP contribution >= 0.6 is 0 Å². The Balaban J connectivity index is 3.23. The molecule has 0 spiro atoms. The predicted octanol–water partition coefficient (Wildman–Crippen LogP) is 1.74. The van der Waals surface area contributed by atoms with E-state index >= 15 is 0 Å². The van der Waals surface area contributed by atoms with Gasteiger partial charge in [-0.05, 0) is 37.1 Å². The van der Waals surface area contributed by atoms with E-state index in [9.17, 15) is 8.42 Å². The summed E-state index contributed by atoms with van der Waals surface area (Å²) in [5.74, 6) is 0. The van der Waals surface area contributed by atoms with Gasteiger partial charge in [0, 0.05) is 19.8 Å². The van der Waals surface area contributed by atoms with Crippen LogP contribution in [0.15, 0.2) is 12.1 Å². The van der Waals surface area contributed by atoms with Crippen LogP contribution in [-0.2, 0) is 10.0 Å². The lowest BCUT2D eigenvalue weighted by atomic mass is 10.1. The number of sulfonamides is 1. The Morgan fingerprint density at radius 2 is 1.56 bits per heavy atom. The summed E-state index contributed by atoms with van der Waals surface area (Å²) < 4.78 is 24.9. The summed E-state index contributed by atoms with van der Waals surface area (Å²) in [5.41, 5.74) is 3.59. The Morgan fingerprint density at radius 1 is 1.12 bits per heavy atom. The largest absolute Gasteiger partial charge is 0.378 e. The molecule has 0 amide bonds. The van der Waals surface area contributed by atoms with Gasteiger partial charge in [0.05, 0.1) is 11.9 Å². The zero-order valence-corrected chi connectivity index (χ0v) is 11.1. The van der Waals surface area contributed by atoms with Crippen molar-refractivity contribution in [1.82, 2.24) is 0 Å². The molecule has 1 rings (SSSR count). The zero-order valence-electron chi connectivity index (χ0n) is 10.3. The summed E-state index contributed by atoms with van der Waals surface area (Å²) in [5, 5.41) is 0. The normalized spacial score (nSPS) is 11.3. The fraction of sp³-hybridized carbons (Fsp3) is 0.455. The first-order valence-corrected chi connectivity index (χ1v) is 6.86. The molecule has 0 unspecified atom stereocenters. The van der Waals surface area contributed by atoms with Crippen LogP contribution in [0.3, 0.4) is 0 Å². The predicted molar refractivity (Wildman–Crippen MR) is 68.7 cm³/mol. The summed E-state index contributed by atoms with van der Waals surface area (Å²) in [6, 6.07) is 3.92. The Bertz CT molecular complexity index is 470. The minimum Gasteiger partial charge on any atom is -0.378 e. The van der Waals surface area contributed by atoms with Crippen LogP contribution in [0.1, 0.15) is 11.1 Å². The summed E-state index contributed by atoms with van der Waals surface area (Å²) in [4.78, 5) is 1.99. The van der Waals surface area contributed by atoms with Crippen LogP contribution < -0.4 is 9.62 Å². The Labute approximate surface area is 97.3 Å². The molecule has 0 radical (unpaired) electrons. The van der Waals surface area contributed by atoms with Gasteiger partial charge in [0.25, 0.3) is 0 Å². The van der Waals surface area contributed by atoms with E-state index in [1.807, 2.05) is 45.0 Å². The molecule has 90 valence electrons. The second-order valence-electron chi connectivity index (χ2n) is 4.22. The Hall–Kier alpha value is -1.23. The molecular formula is C11H18N2O2S. The van der Waals surface area contributed by atoms with Crippen molar-refractivity contribution >= 4 is 21.4 Å². The van der Waals surface area contributed by atoms with Gasteiger partial charge in [-0.1, -0.05) is 0 Å². The molecule has 1 N–H and O–H groups in total. The smallest absolute Gasteiger partial charge is 0.229 e. The molecular weight excluding hydrogens is 224 g/mol. The third-order valence-electron chi connectivity index (χ3n) is 2.32.